The molecule has 1 aliphatic heterocycles. The van der Waals surface area contributed by atoms with Gasteiger partial charge in [-0.15, -0.1) is 0 Å². The molecule has 2 N–H and O–H groups in total. The summed E-state index contributed by atoms with van der Waals surface area (Å²) in [6.45, 7) is 6.07. The van der Waals surface area contributed by atoms with Gasteiger partial charge in [0.15, 0.2) is 0 Å². The Morgan fingerprint density at radius 2 is 2.05 bits per heavy atom. The van der Waals surface area contributed by atoms with E-state index < -0.39 is 0 Å². The lowest BCUT2D eigenvalue weighted by molar-refractivity contribution is -0.133. The van der Waals surface area contributed by atoms with Crippen molar-refractivity contribution in [2.75, 3.05) is 13.1 Å². The van der Waals surface area contributed by atoms with Crippen LogP contribution in [0.4, 0.5) is 0 Å². The van der Waals surface area contributed by atoms with Gasteiger partial charge >= 0.3 is 0 Å². The van der Waals surface area contributed by atoms with Crippen LogP contribution in [0.15, 0.2) is 24.5 Å². The molecule has 0 spiro atoms. The average Bonchev–Trinajstić information content (AvgIpc) is 2.49. The Kier molecular flexibility index (Phi) is 5.12. The molecule has 1 unspecified atom stereocenters. The highest BCUT2D eigenvalue weighted by Crippen LogP contribution is 2.35. The van der Waals surface area contributed by atoms with Crippen molar-refractivity contribution in [1.82, 2.24) is 15.6 Å². The van der Waals surface area contributed by atoms with E-state index in [1.165, 1.54) is 0 Å². The summed E-state index contributed by atoms with van der Waals surface area (Å²) < 4.78 is 0. The van der Waals surface area contributed by atoms with Gasteiger partial charge in [0, 0.05) is 12.4 Å². The van der Waals surface area contributed by atoms with Crippen LogP contribution in [0.2, 0.25) is 0 Å². The number of nitrogens with one attached hydrogen (secondary N) is 2. The quantitative estimate of drug-likeness (QED) is 0.867. The van der Waals surface area contributed by atoms with E-state index in [0.29, 0.717) is 0 Å². The Hall–Kier alpha value is -1.42. The van der Waals surface area contributed by atoms with Crippen molar-refractivity contribution in [3.63, 3.8) is 0 Å². The van der Waals surface area contributed by atoms with Crippen LogP contribution in [0.3, 0.4) is 0 Å². The minimum absolute atomic E-state index is 0.0362. The Bertz CT molecular complexity index is 421. The number of hydrogen-bond acceptors (Lipinski definition) is 3. The fraction of sp³-hybridized carbons (Fsp3) is 0.625. The molecular formula is C16H25N3O. The summed E-state index contributed by atoms with van der Waals surface area (Å²) in [6, 6.07) is 3.95. The third-order valence-corrected chi connectivity index (χ3v) is 4.32. The van der Waals surface area contributed by atoms with Crippen LogP contribution in [-0.4, -0.2) is 24.0 Å². The second-order valence-corrected chi connectivity index (χ2v) is 5.76. The lowest BCUT2D eigenvalue weighted by Crippen LogP contribution is -2.48. The van der Waals surface area contributed by atoms with Gasteiger partial charge in [0.2, 0.25) is 5.91 Å². The molecule has 0 radical (unpaired) electrons. The summed E-state index contributed by atoms with van der Waals surface area (Å²) in [6.07, 6.45) is 7.45. The Labute approximate surface area is 121 Å². The first-order chi connectivity index (χ1) is 9.68. The number of nitrogens with zero attached hydrogens (tertiary/aromatic N) is 1. The highest BCUT2D eigenvalue weighted by molar-refractivity contribution is 5.83. The third-order valence-electron chi connectivity index (χ3n) is 4.32. The molecule has 1 fully saturated rings. The molecule has 0 aliphatic carbocycles. The molecule has 110 valence electrons. The van der Waals surface area contributed by atoms with Gasteiger partial charge in [0.1, 0.15) is 0 Å². The Morgan fingerprint density at radius 3 is 2.65 bits per heavy atom. The molecule has 0 saturated carbocycles. The van der Waals surface area contributed by atoms with Gasteiger partial charge in [-0.25, -0.2) is 0 Å². The predicted octanol–water partition coefficient (Wildman–Crippen LogP) is 2.43. The second kappa shape index (κ2) is 6.84. The Morgan fingerprint density at radius 1 is 1.40 bits per heavy atom. The van der Waals surface area contributed by atoms with Crippen LogP contribution in [0.1, 0.15) is 51.1 Å². The number of rotatable bonds is 5. The van der Waals surface area contributed by atoms with Crippen LogP contribution in [0.5, 0.6) is 0 Å². The maximum absolute atomic E-state index is 12.7. The highest BCUT2D eigenvalue weighted by Gasteiger charge is 2.38. The first-order valence-electron chi connectivity index (χ1n) is 7.59. The zero-order chi connectivity index (χ0) is 14.4. The van der Waals surface area contributed by atoms with Crippen molar-refractivity contribution < 1.29 is 4.79 Å². The molecule has 1 saturated heterocycles. The van der Waals surface area contributed by atoms with Gasteiger partial charge in [-0.3, -0.25) is 9.78 Å². The normalized spacial score (nSPS) is 19.3. The van der Waals surface area contributed by atoms with Crippen LogP contribution < -0.4 is 10.6 Å². The number of pyridine rings is 1. The van der Waals surface area contributed by atoms with Crippen LogP contribution in [0, 0.1) is 5.41 Å². The van der Waals surface area contributed by atoms with E-state index in [-0.39, 0.29) is 17.4 Å². The summed E-state index contributed by atoms with van der Waals surface area (Å²) in [5, 5.41) is 6.55. The van der Waals surface area contributed by atoms with Gasteiger partial charge in [-0.1, -0.05) is 13.3 Å². The zero-order valence-corrected chi connectivity index (χ0v) is 12.5. The molecule has 4 heteroatoms. The third kappa shape index (κ3) is 3.37. The highest BCUT2D eigenvalue weighted by atomic mass is 16.2. The number of carbonyl (C=O) groups is 1. The zero-order valence-electron chi connectivity index (χ0n) is 12.5. The van der Waals surface area contributed by atoms with Gasteiger partial charge in [0.25, 0.3) is 0 Å². The molecular weight excluding hydrogens is 250 g/mol. The van der Waals surface area contributed by atoms with E-state index in [4.69, 9.17) is 0 Å². The molecule has 0 aromatic carbocycles. The summed E-state index contributed by atoms with van der Waals surface area (Å²) in [5.74, 6) is 0.213. The molecule has 20 heavy (non-hydrogen) atoms. The van der Waals surface area contributed by atoms with Crippen molar-refractivity contribution in [2.24, 2.45) is 5.41 Å². The van der Waals surface area contributed by atoms with Crippen molar-refractivity contribution in [3.05, 3.63) is 30.1 Å². The maximum atomic E-state index is 12.7. The second-order valence-electron chi connectivity index (χ2n) is 5.76. The minimum atomic E-state index is -0.179. The standard InChI is InChI=1S/C16H25N3O/c1-3-6-16(7-11-18-12-8-16)15(20)19-13(2)14-4-9-17-10-5-14/h4-5,9-10,13,18H,3,6-8,11-12H2,1-2H3,(H,19,20). The Balaban J connectivity index is 2.05. The number of aromatic nitrogens is 1. The summed E-state index contributed by atoms with van der Waals surface area (Å²) in [5.41, 5.74) is 0.926. The fourth-order valence-electron chi connectivity index (χ4n) is 3.06. The van der Waals surface area contributed by atoms with E-state index in [1.807, 2.05) is 19.1 Å². The number of hydrogen-bond donors (Lipinski definition) is 2. The number of carbonyl (C=O) groups excluding carboxylic acids is 1. The van der Waals surface area contributed by atoms with Crippen molar-refractivity contribution in [2.45, 2.75) is 45.6 Å². The first kappa shape index (κ1) is 15.0. The molecule has 1 amide bonds. The summed E-state index contributed by atoms with van der Waals surface area (Å²) >= 11 is 0. The lowest BCUT2D eigenvalue weighted by Gasteiger charge is -2.37. The topological polar surface area (TPSA) is 54.0 Å². The van der Waals surface area contributed by atoms with Gasteiger partial charge in [0.05, 0.1) is 11.5 Å². The fourth-order valence-corrected chi connectivity index (χ4v) is 3.06. The predicted molar refractivity (Wildman–Crippen MR) is 80.2 cm³/mol. The van der Waals surface area contributed by atoms with Crippen molar-refractivity contribution in [3.8, 4) is 0 Å². The van der Waals surface area contributed by atoms with Crippen LogP contribution in [0.25, 0.3) is 0 Å². The van der Waals surface area contributed by atoms with Crippen molar-refractivity contribution in [1.29, 1.82) is 0 Å². The molecule has 2 heterocycles. The van der Waals surface area contributed by atoms with Gasteiger partial charge in [-0.05, 0) is 57.0 Å². The first-order valence-corrected chi connectivity index (χ1v) is 7.59. The lowest BCUT2D eigenvalue weighted by atomic mass is 9.74. The monoisotopic (exact) mass is 275 g/mol. The van der Waals surface area contributed by atoms with Gasteiger partial charge in [-0.2, -0.15) is 0 Å². The van der Waals surface area contributed by atoms with E-state index in [0.717, 1.165) is 44.3 Å². The largest absolute Gasteiger partial charge is 0.349 e. The molecule has 1 aromatic rings. The molecule has 4 nitrogen and oxygen atoms in total. The van der Waals surface area contributed by atoms with Gasteiger partial charge < -0.3 is 10.6 Å². The van der Waals surface area contributed by atoms with Crippen LogP contribution in [-0.2, 0) is 4.79 Å². The van der Waals surface area contributed by atoms with E-state index >= 15 is 0 Å². The summed E-state index contributed by atoms with van der Waals surface area (Å²) in [4.78, 5) is 16.8. The van der Waals surface area contributed by atoms with Crippen molar-refractivity contribution >= 4 is 5.91 Å². The smallest absolute Gasteiger partial charge is 0.226 e. The summed E-state index contributed by atoms with van der Waals surface area (Å²) in [7, 11) is 0. The molecule has 1 atom stereocenters. The number of amides is 1. The minimum Gasteiger partial charge on any atom is -0.349 e. The molecule has 1 aromatic heterocycles. The maximum Gasteiger partial charge on any atom is 0.226 e. The number of piperidine rings is 1. The molecule has 1 aliphatic rings. The van der Waals surface area contributed by atoms with E-state index in [9.17, 15) is 4.79 Å². The molecule has 2 rings (SSSR count). The molecule has 0 bridgehead atoms. The van der Waals surface area contributed by atoms with E-state index in [1.54, 1.807) is 12.4 Å². The van der Waals surface area contributed by atoms with E-state index in [2.05, 4.69) is 22.5 Å². The van der Waals surface area contributed by atoms with Crippen LogP contribution >= 0.6 is 0 Å². The average molecular weight is 275 g/mol. The SMILES string of the molecule is CCCC1(C(=O)NC(C)c2ccncc2)CCNCC1.